The minimum atomic E-state index is -3.63. The van der Waals surface area contributed by atoms with Gasteiger partial charge in [0.05, 0.1) is 28.3 Å². The van der Waals surface area contributed by atoms with E-state index in [2.05, 4.69) is 10.3 Å². The monoisotopic (exact) mass is 432 g/mol. The van der Waals surface area contributed by atoms with Crippen LogP contribution in [-0.2, 0) is 15.6 Å². The van der Waals surface area contributed by atoms with Gasteiger partial charge in [0.15, 0.2) is 9.84 Å². The maximum atomic E-state index is 13.4. The van der Waals surface area contributed by atoms with Gasteiger partial charge in [-0.25, -0.2) is 13.1 Å². The highest BCUT2D eigenvalue weighted by Crippen LogP contribution is 2.47. The molecule has 4 aromatic rings. The second kappa shape index (κ2) is 7.13. The van der Waals surface area contributed by atoms with Crippen LogP contribution in [0.2, 0.25) is 0 Å². The Morgan fingerprint density at radius 1 is 0.903 bits per heavy atom. The summed E-state index contributed by atoms with van der Waals surface area (Å²) < 4.78 is 28.3. The molecule has 0 N–H and O–H groups in total. The molecule has 31 heavy (non-hydrogen) atoms. The number of rotatable bonds is 5. The van der Waals surface area contributed by atoms with Gasteiger partial charge >= 0.3 is 0 Å². The van der Waals surface area contributed by atoms with Gasteiger partial charge in [-0.1, -0.05) is 53.7 Å². The molecule has 0 fully saturated rings. The lowest BCUT2D eigenvalue weighted by atomic mass is 10.1. The van der Waals surface area contributed by atoms with E-state index >= 15 is 0 Å². The topological polar surface area (TPSA) is 108 Å². The molecule has 0 atom stereocenters. The first-order chi connectivity index (χ1) is 14.9. The van der Waals surface area contributed by atoms with Crippen molar-refractivity contribution in [2.45, 2.75) is 11.0 Å². The zero-order chi connectivity index (χ0) is 21.6. The molecule has 154 valence electrons. The molecule has 0 aliphatic heterocycles. The number of non-ortho nitro benzene ring substituents is 1. The third kappa shape index (κ3) is 3.28. The molecule has 0 unspecified atom stereocenters. The van der Waals surface area contributed by atoms with E-state index < -0.39 is 20.0 Å². The minimum Gasteiger partial charge on any atom is -0.258 e. The molecule has 1 aromatic heterocycles. The van der Waals surface area contributed by atoms with E-state index in [-0.39, 0.29) is 11.4 Å². The first kappa shape index (κ1) is 19.1. The maximum absolute atomic E-state index is 13.4. The Morgan fingerprint density at radius 3 is 2.06 bits per heavy atom. The summed E-state index contributed by atoms with van der Waals surface area (Å²) >= 11 is 0. The Hall–Kier alpha value is -3.85. The van der Waals surface area contributed by atoms with Crippen molar-refractivity contribution >= 4 is 15.5 Å². The molecule has 8 nitrogen and oxygen atoms in total. The van der Waals surface area contributed by atoms with Crippen LogP contribution in [0.25, 0.3) is 16.8 Å². The fraction of sp³-hybridized carbons (Fsp3) is 0.0909. The molecule has 1 heterocycles. The molecule has 5 rings (SSSR count). The molecule has 9 heteroatoms. The van der Waals surface area contributed by atoms with Crippen molar-refractivity contribution < 1.29 is 13.3 Å². The van der Waals surface area contributed by atoms with Crippen molar-refractivity contribution in [3.63, 3.8) is 0 Å². The Kier molecular flexibility index (Phi) is 4.40. The Labute approximate surface area is 177 Å². The summed E-state index contributed by atoms with van der Waals surface area (Å²) in [6, 6.07) is 20.9. The number of aromatic nitrogens is 3. The molecule has 0 saturated carbocycles. The van der Waals surface area contributed by atoms with Gasteiger partial charge in [-0.2, -0.15) is 0 Å². The van der Waals surface area contributed by atoms with Gasteiger partial charge < -0.3 is 0 Å². The Balaban J connectivity index is 1.46. The maximum Gasteiger partial charge on any atom is 0.269 e. The molecule has 0 saturated heterocycles. The molecular formula is C22H16N4O4S. The third-order valence-corrected chi connectivity index (χ3v) is 7.28. The average molecular weight is 432 g/mol. The first-order valence-electron chi connectivity index (χ1n) is 9.50. The smallest absolute Gasteiger partial charge is 0.258 e. The van der Waals surface area contributed by atoms with E-state index in [1.807, 2.05) is 48.5 Å². The normalized spacial score (nSPS) is 13.0. The highest BCUT2D eigenvalue weighted by atomic mass is 32.2. The fourth-order valence-electron chi connectivity index (χ4n) is 4.00. The average Bonchev–Trinajstić information content (AvgIpc) is 3.36. The molecule has 1 aliphatic carbocycles. The highest BCUT2D eigenvalue weighted by molar-refractivity contribution is 7.91. The molecule has 0 radical (unpaired) electrons. The number of benzene rings is 3. The van der Waals surface area contributed by atoms with E-state index in [1.165, 1.54) is 35.1 Å². The van der Waals surface area contributed by atoms with Crippen molar-refractivity contribution in [2.75, 3.05) is 0 Å². The number of hydrogen-bond donors (Lipinski definition) is 0. The van der Waals surface area contributed by atoms with Gasteiger partial charge in [0.1, 0.15) is 5.25 Å². The van der Waals surface area contributed by atoms with Crippen LogP contribution in [0, 0.1) is 10.1 Å². The molecule has 3 aromatic carbocycles. The van der Waals surface area contributed by atoms with Crippen molar-refractivity contribution in [3.8, 4) is 16.8 Å². The largest absolute Gasteiger partial charge is 0.269 e. The minimum absolute atomic E-state index is 0.0368. The number of nitro groups is 1. The first-order valence-corrected chi connectivity index (χ1v) is 11.2. The summed E-state index contributed by atoms with van der Waals surface area (Å²) in [7, 11) is -3.63. The van der Waals surface area contributed by atoms with Crippen LogP contribution in [0.5, 0.6) is 0 Å². The number of fused-ring (bicyclic) bond motifs is 3. The lowest BCUT2D eigenvalue weighted by Gasteiger charge is -2.14. The van der Waals surface area contributed by atoms with Crippen LogP contribution in [0.1, 0.15) is 22.1 Å². The molecule has 0 amide bonds. The van der Waals surface area contributed by atoms with E-state index in [1.54, 1.807) is 0 Å². The van der Waals surface area contributed by atoms with Crippen LogP contribution in [0.15, 0.2) is 79.0 Å². The summed E-state index contributed by atoms with van der Waals surface area (Å²) in [4.78, 5) is 10.3. The summed E-state index contributed by atoms with van der Waals surface area (Å²) in [5.41, 5.74) is 4.23. The second-order valence-corrected chi connectivity index (χ2v) is 9.38. The lowest BCUT2D eigenvalue weighted by Crippen LogP contribution is -2.15. The highest BCUT2D eigenvalue weighted by Gasteiger charge is 2.38. The number of nitro benzene ring substituents is 1. The van der Waals surface area contributed by atoms with Gasteiger partial charge in [-0.15, -0.1) is 5.10 Å². The van der Waals surface area contributed by atoms with Crippen molar-refractivity contribution in [1.82, 2.24) is 15.0 Å². The zero-order valence-corrected chi connectivity index (χ0v) is 16.9. The molecule has 0 spiro atoms. The Bertz CT molecular complexity index is 1370. The van der Waals surface area contributed by atoms with Crippen LogP contribution in [-0.4, -0.2) is 28.3 Å². The van der Waals surface area contributed by atoms with Gasteiger partial charge in [0, 0.05) is 12.1 Å². The van der Waals surface area contributed by atoms with Crippen molar-refractivity contribution in [3.05, 3.63) is 106 Å². The zero-order valence-electron chi connectivity index (χ0n) is 16.1. The summed E-state index contributed by atoms with van der Waals surface area (Å²) in [6.07, 6.45) is 1.53. The van der Waals surface area contributed by atoms with Gasteiger partial charge in [0.25, 0.3) is 5.69 Å². The number of nitrogens with zero attached hydrogens (tertiary/aromatic N) is 4. The lowest BCUT2D eigenvalue weighted by molar-refractivity contribution is -0.384. The SMILES string of the molecule is O=[N+]([O-])c1ccc(-n2cc(CS(=O)(=O)C3c4ccccc4-c4ccccc43)nn2)cc1. The quantitative estimate of drug-likeness (QED) is 0.350. The molecular weight excluding hydrogens is 416 g/mol. The number of sulfone groups is 1. The standard InChI is InChI=1S/C22H16N4O4S/c27-26(28)17-11-9-16(10-12-17)25-13-15(23-24-25)14-31(29,30)22-20-7-3-1-5-18(20)19-6-2-4-8-21(19)22/h1-13,22H,14H2. The van der Waals surface area contributed by atoms with Gasteiger partial charge in [0.2, 0.25) is 0 Å². The summed E-state index contributed by atoms with van der Waals surface area (Å²) in [6.45, 7) is 0. The molecule has 1 aliphatic rings. The summed E-state index contributed by atoms with van der Waals surface area (Å²) in [5.74, 6) is -0.271. The fourth-order valence-corrected chi connectivity index (χ4v) is 5.90. The summed E-state index contributed by atoms with van der Waals surface area (Å²) in [5, 5.41) is 18.1. The predicted molar refractivity (Wildman–Crippen MR) is 114 cm³/mol. The van der Waals surface area contributed by atoms with Crippen LogP contribution >= 0.6 is 0 Å². The van der Waals surface area contributed by atoms with Gasteiger partial charge in [-0.05, 0) is 34.4 Å². The second-order valence-electron chi connectivity index (χ2n) is 7.29. The van der Waals surface area contributed by atoms with E-state index in [9.17, 15) is 18.5 Å². The van der Waals surface area contributed by atoms with Crippen LogP contribution in [0.3, 0.4) is 0 Å². The molecule has 0 bridgehead atoms. The number of hydrogen-bond acceptors (Lipinski definition) is 6. The van der Waals surface area contributed by atoms with E-state index in [4.69, 9.17) is 0 Å². The van der Waals surface area contributed by atoms with Crippen molar-refractivity contribution in [2.24, 2.45) is 0 Å². The predicted octanol–water partition coefficient (Wildman–Crippen LogP) is 3.86. The Morgan fingerprint density at radius 2 is 1.48 bits per heavy atom. The van der Waals surface area contributed by atoms with Crippen LogP contribution in [0.4, 0.5) is 5.69 Å². The van der Waals surface area contributed by atoms with E-state index in [0.29, 0.717) is 11.4 Å². The van der Waals surface area contributed by atoms with Crippen molar-refractivity contribution in [1.29, 1.82) is 0 Å². The van der Waals surface area contributed by atoms with Gasteiger partial charge in [-0.3, -0.25) is 10.1 Å². The van der Waals surface area contributed by atoms with E-state index in [0.717, 1.165) is 22.3 Å². The third-order valence-electron chi connectivity index (χ3n) is 5.35. The van der Waals surface area contributed by atoms with Crippen LogP contribution < -0.4 is 0 Å².